The molecule has 0 radical (unpaired) electrons. The number of benzene rings is 1. The highest BCUT2D eigenvalue weighted by molar-refractivity contribution is 6.42. The van der Waals surface area contributed by atoms with Crippen molar-refractivity contribution in [1.82, 2.24) is 4.90 Å². The van der Waals surface area contributed by atoms with E-state index in [0.717, 1.165) is 9.80 Å². The van der Waals surface area contributed by atoms with E-state index < -0.39 is 54.3 Å². The third-order valence-corrected chi connectivity index (χ3v) is 6.06. The maximum atomic E-state index is 13.2. The molecule has 4 nitrogen and oxygen atoms in total. The number of urea groups is 1. The van der Waals surface area contributed by atoms with E-state index in [1.54, 1.807) is 0 Å². The Labute approximate surface area is 189 Å². The van der Waals surface area contributed by atoms with Gasteiger partial charge in [-0.05, 0) is 50.1 Å². The number of amides is 3. The van der Waals surface area contributed by atoms with Crippen LogP contribution in [0.5, 0.6) is 0 Å². The smallest absolute Gasteiger partial charge is 0.306 e. The largest absolute Gasteiger partial charge is 0.416 e. The highest BCUT2D eigenvalue weighted by Gasteiger charge is 2.53. The average Bonchev–Trinajstić information content (AvgIpc) is 2.82. The number of anilines is 1. The van der Waals surface area contributed by atoms with Crippen LogP contribution in [0.2, 0.25) is 10.0 Å². The maximum Gasteiger partial charge on any atom is 0.416 e. The second-order valence-electron chi connectivity index (χ2n) is 7.94. The number of halogens is 8. The molecule has 0 spiro atoms. The van der Waals surface area contributed by atoms with Gasteiger partial charge in [0.1, 0.15) is 5.54 Å². The summed E-state index contributed by atoms with van der Waals surface area (Å²) in [4.78, 5) is 27.7. The van der Waals surface area contributed by atoms with Crippen molar-refractivity contribution < 1.29 is 35.9 Å². The lowest BCUT2D eigenvalue weighted by Gasteiger charge is -2.31. The Balaban J connectivity index is 1.96. The fourth-order valence-electron chi connectivity index (χ4n) is 3.54. The molecule has 0 saturated carbocycles. The van der Waals surface area contributed by atoms with Crippen molar-refractivity contribution in [3.8, 4) is 0 Å². The fraction of sp³-hybridized carbons (Fsp3) is 0.400. The fourth-order valence-corrected chi connectivity index (χ4v) is 3.83. The van der Waals surface area contributed by atoms with Crippen molar-refractivity contribution in [2.75, 3.05) is 11.4 Å². The SMILES string of the molecule is CC1(C)C(=O)N(c2ccc(Cl)c(Cl)c2)C(=O)N1CC1=CC(C(F)(F)F)=CC(C(F)(F)F)C1. The molecule has 1 atom stereocenters. The average molecular weight is 501 g/mol. The zero-order valence-corrected chi connectivity index (χ0v) is 18.1. The molecule has 1 aliphatic carbocycles. The zero-order chi connectivity index (χ0) is 24.2. The number of carbonyl (C=O) groups excluding carboxylic acids is 2. The predicted octanol–water partition coefficient (Wildman–Crippen LogP) is 6.54. The van der Waals surface area contributed by atoms with Crippen molar-refractivity contribution in [2.24, 2.45) is 5.92 Å². The molecule has 1 unspecified atom stereocenters. The number of hydrogen-bond donors (Lipinski definition) is 0. The zero-order valence-electron chi connectivity index (χ0n) is 16.6. The van der Waals surface area contributed by atoms with Crippen molar-refractivity contribution in [2.45, 2.75) is 38.2 Å². The summed E-state index contributed by atoms with van der Waals surface area (Å²) >= 11 is 11.8. The molecule has 174 valence electrons. The van der Waals surface area contributed by atoms with Crippen molar-refractivity contribution >= 4 is 40.8 Å². The van der Waals surface area contributed by atoms with Gasteiger partial charge in [0.15, 0.2) is 0 Å². The third kappa shape index (κ3) is 4.47. The van der Waals surface area contributed by atoms with Gasteiger partial charge in [0.25, 0.3) is 5.91 Å². The summed E-state index contributed by atoms with van der Waals surface area (Å²) in [6, 6.07) is 3.08. The highest BCUT2D eigenvalue weighted by atomic mass is 35.5. The molecule has 1 aromatic carbocycles. The summed E-state index contributed by atoms with van der Waals surface area (Å²) in [5.74, 6) is -3.07. The number of nitrogens with zero attached hydrogens (tertiary/aromatic N) is 2. The van der Waals surface area contributed by atoms with Crippen molar-refractivity contribution in [1.29, 1.82) is 0 Å². The first kappa shape index (κ1) is 24.4. The van der Waals surface area contributed by atoms with E-state index in [4.69, 9.17) is 23.2 Å². The summed E-state index contributed by atoms with van der Waals surface area (Å²) in [6.07, 6.45) is -9.93. The third-order valence-electron chi connectivity index (χ3n) is 5.32. The number of hydrogen-bond acceptors (Lipinski definition) is 2. The van der Waals surface area contributed by atoms with E-state index >= 15 is 0 Å². The van der Waals surface area contributed by atoms with Crippen LogP contribution in [0.3, 0.4) is 0 Å². The van der Waals surface area contributed by atoms with Crippen LogP contribution in [0.4, 0.5) is 36.8 Å². The summed E-state index contributed by atoms with van der Waals surface area (Å²) < 4.78 is 79.3. The van der Waals surface area contributed by atoms with E-state index in [-0.39, 0.29) is 27.4 Å². The van der Waals surface area contributed by atoms with Crippen LogP contribution >= 0.6 is 23.2 Å². The van der Waals surface area contributed by atoms with E-state index in [0.29, 0.717) is 6.08 Å². The van der Waals surface area contributed by atoms with E-state index in [9.17, 15) is 35.9 Å². The van der Waals surface area contributed by atoms with Gasteiger partial charge in [-0.3, -0.25) is 4.79 Å². The maximum absolute atomic E-state index is 13.2. The second-order valence-corrected chi connectivity index (χ2v) is 8.76. The minimum absolute atomic E-state index is 0.0592. The van der Waals surface area contributed by atoms with Gasteiger partial charge in [-0.25, -0.2) is 9.69 Å². The van der Waals surface area contributed by atoms with E-state index in [1.165, 1.54) is 32.0 Å². The van der Waals surface area contributed by atoms with Crippen LogP contribution in [0, 0.1) is 5.92 Å². The predicted molar refractivity (Wildman–Crippen MR) is 107 cm³/mol. The van der Waals surface area contributed by atoms with Gasteiger partial charge in [0, 0.05) is 6.54 Å². The monoisotopic (exact) mass is 500 g/mol. The van der Waals surface area contributed by atoms with Crippen LogP contribution in [0.1, 0.15) is 20.3 Å². The molecule has 3 amide bonds. The minimum atomic E-state index is -5.00. The van der Waals surface area contributed by atoms with Gasteiger partial charge in [-0.15, -0.1) is 0 Å². The van der Waals surface area contributed by atoms with Gasteiger partial charge in [-0.2, -0.15) is 26.3 Å². The lowest BCUT2D eigenvalue weighted by Crippen LogP contribution is -2.45. The molecule has 3 rings (SSSR count). The minimum Gasteiger partial charge on any atom is -0.306 e. The highest BCUT2D eigenvalue weighted by Crippen LogP contribution is 2.42. The van der Waals surface area contributed by atoms with Crippen LogP contribution in [0.15, 0.2) is 41.5 Å². The normalized spacial score (nSPS) is 21.8. The molecule has 1 aromatic rings. The molecule has 1 aliphatic heterocycles. The topological polar surface area (TPSA) is 40.6 Å². The van der Waals surface area contributed by atoms with Crippen molar-refractivity contribution in [3.63, 3.8) is 0 Å². The first-order chi connectivity index (χ1) is 14.5. The van der Waals surface area contributed by atoms with Crippen LogP contribution in [0.25, 0.3) is 0 Å². The van der Waals surface area contributed by atoms with Gasteiger partial charge in [0.2, 0.25) is 0 Å². The molecule has 12 heteroatoms. The number of allylic oxidation sites excluding steroid dienone is 3. The van der Waals surface area contributed by atoms with Gasteiger partial charge >= 0.3 is 18.4 Å². The van der Waals surface area contributed by atoms with E-state index in [2.05, 4.69) is 0 Å². The molecule has 1 heterocycles. The molecular weight excluding hydrogens is 485 g/mol. The quantitative estimate of drug-likeness (QED) is 0.349. The van der Waals surface area contributed by atoms with Gasteiger partial charge < -0.3 is 4.90 Å². The lowest BCUT2D eigenvalue weighted by molar-refractivity contribution is -0.162. The summed E-state index contributed by atoms with van der Waals surface area (Å²) in [5.41, 5.74) is -3.17. The lowest BCUT2D eigenvalue weighted by atomic mass is 9.88. The van der Waals surface area contributed by atoms with Crippen LogP contribution in [-0.4, -0.2) is 41.3 Å². The summed E-state index contributed by atoms with van der Waals surface area (Å²) in [6.45, 7) is 2.13. The number of imide groups is 1. The molecule has 0 N–H and O–H groups in total. The molecule has 2 aliphatic rings. The van der Waals surface area contributed by atoms with Crippen LogP contribution < -0.4 is 4.90 Å². The Morgan fingerprint density at radius 1 is 1.06 bits per heavy atom. The molecule has 1 saturated heterocycles. The first-order valence-corrected chi connectivity index (χ1v) is 9.95. The summed E-state index contributed by atoms with van der Waals surface area (Å²) in [5, 5.41) is 0.228. The molecule has 32 heavy (non-hydrogen) atoms. The Morgan fingerprint density at radius 2 is 1.69 bits per heavy atom. The van der Waals surface area contributed by atoms with Gasteiger partial charge in [0.05, 0.1) is 27.2 Å². The number of carbonyl (C=O) groups is 2. The van der Waals surface area contributed by atoms with Crippen molar-refractivity contribution in [3.05, 3.63) is 51.5 Å². The molecule has 1 fully saturated rings. The van der Waals surface area contributed by atoms with E-state index in [1.807, 2.05) is 0 Å². The van der Waals surface area contributed by atoms with Gasteiger partial charge in [-0.1, -0.05) is 29.3 Å². The molecule has 0 bridgehead atoms. The second kappa shape index (κ2) is 7.98. The number of rotatable bonds is 3. The Morgan fingerprint density at radius 3 is 2.22 bits per heavy atom. The Bertz CT molecular complexity index is 1030. The summed E-state index contributed by atoms with van der Waals surface area (Å²) in [7, 11) is 0. The molecule has 0 aromatic heterocycles. The first-order valence-electron chi connectivity index (χ1n) is 9.20. The molecular formula is C20H16Cl2F6N2O2. The number of alkyl halides is 6. The standard InChI is InChI=1S/C20H16Cl2F6N2O2/c1-18(2)16(31)30(13-3-4-14(21)15(22)8-13)17(32)29(18)9-10-5-11(19(23,24)25)7-12(6-10)20(26,27)28/h3-5,7-8,12H,6,9H2,1-2H3. The van der Waals surface area contributed by atoms with Crippen LogP contribution in [-0.2, 0) is 4.79 Å². The Kier molecular flexibility index (Phi) is 6.10. The Hall–Kier alpha value is -2.20.